The van der Waals surface area contributed by atoms with Crippen LogP contribution in [0.4, 0.5) is 5.00 Å². The van der Waals surface area contributed by atoms with E-state index in [1.165, 1.54) is 11.3 Å². The highest BCUT2D eigenvalue weighted by molar-refractivity contribution is 7.16. The SMILES string of the molecule is CCOC(=O)c1cc(Cc2ccccc2)sc1NC(=O)c1c(-c2ccccc2)noc1C. The van der Waals surface area contributed by atoms with Gasteiger partial charge in [0, 0.05) is 16.9 Å². The highest BCUT2D eigenvalue weighted by atomic mass is 32.1. The van der Waals surface area contributed by atoms with Crippen LogP contribution in [0, 0.1) is 6.92 Å². The van der Waals surface area contributed by atoms with Gasteiger partial charge in [0.2, 0.25) is 0 Å². The number of amides is 1. The van der Waals surface area contributed by atoms with Crippen molar-refractivity contribution in [2.45, 2.75) is 20.3 Å². The fourth-order valence-electron chi connectivity index (χ4n) is 3.38. The molecular formula is C25H22N2O4S. The van der Waals surface area contributed by atoms with Crippen LogP contribution in [0.25, 0.3) is 11.3 Å². The minimum absolute atomic E-state index is 0.249. The van der Waals surface area contributed by atoms with Gasteiger partial charge in [0.1, 0.15) is 22.0 Å². The Morgan fingerprint density at radius 3 is 2.44 bits per heavy atom. The van der Waals surface area contributed by atoms with Crippen LogP contribution in [0.5, 0.6) is 0 Å². The van der Waals surface area contributed by atoms with E-state index in [-0.39, 0.29) is 12.5 Å². The number of thiophene rings is 1. The summed E-state index contributed by atoms with van der Waals surface area (Å²) in [7, 11) is 0. The zero-order valence-corrected chi connectivity index (χ0v) is 18.6. The quantitative estimate of drug-likeness (QED) is 0.367. The van der Waals surface area contributed by atoms with E-state index in [0.29, 0.717) is 34.0 Å². The Morgan fingerprint density at radius 1 is 1.06 bits per heavy atom. The lowest BCUT2D eigenvalue weighted by Gasteiger charge is -2.06. The molecule has 7 heteroatoms. The van der Waals surface area contributed by atoms with Gasteiger partial charge in [0.25, 0.3) is 5.91 Å². The molecule has 0 aliphatic rings. The minimum atomic E-state index is -0.469. The van der Waals surface area contributed by atoms with Crippen LogP contribution < -0.4 is 5.32 Å². The number of aryl methyl sites for hydroxylation is 1. The number of carbonyl (C=O) groups is 2. The highest BCUT2D eigenvalue weighted by Crippen LogP contribution is 2.32. The number of nitrogens with zero attached hydrogens (tertiary/aromatic N) is 1. The summed E-state index contributed by atoms with van der Waals surface area (Å²) in [6.07, 6.45) is 0.648. The van der Waals surface area contributed by atoms with E-state index in [0.717, 1.165) is 16.0 Å². The summed E-state index contributed by atoms with van der Waals surface area (Å²) in [4.78, 5) is 26.7. The van der Waals surface area contributed by atoms with Crippen molar-refractivity contribution >= 4 is 28.2 Å². The number of hydrogen-bond donors (Lipinski definition) is 1. The van der Waals surface area contributed by atoms with Crippen molar-refractivity contribution in [2.75, 3.05) is 11.9 Å². The zero-order valence-electron chi connectivity index (χ0n) is 17.8. The second-order valence-corrected chi connectivity index (χ2v) is 8.26. The molecule has 1 N–H and O–H groups in total. The molecule has 0 radical (unpaired) electrons. The van der Waals surface area contributed by atoms with Crippen molar-refractivity contribution in [1.29, 1.82) is 0 Å². The summed E-state index contributed by atoms with van der Waals surface area (Å²) >= 11 is 1.36. The molecule has 0 aliphatic carbocycles. The van der Waals surface area contributed by atoms with Gasteiger partial charge in [-0.1, -0.05) is 65.8 Å². The molecule has 0 fully saturated rings. The number of esters is 1. The smallest absolute Gasteiger partial charge is 0.341 e. The van der Waals surface area contributed by atoms with Gasteiger partial charge in [0.15, 0.2) is 0 Å². The molecule has 32 heavy (non-hydrogen) atoms. The second-order valence-electron chi connectivity index (χ2n) is 7.12. The van der Waals surface area contributed by atoms with E-state index < -0.39 is 5.97 Å². The third-order valence-electron chi connectivity index (χ3n) is 4.86. The first-order chi connectivity index (χ1) is 15.6. The van der Waals surface area contributed by atoms with Crippen molar-refractivity contribution in [3.8, 4) is 11.3 Å². The van der Waals surface area contributed by atoms with E-state index in [1.54, 1.807) is 19.9 Å². The van der Waals surface area contributed by atoms with Gasteiger partial charge in [-0.3, -0.25) is 4.79 Å². The van der Waals surface area contributed by atoms with Crippen LogP contribution in [0.1, 0.15) is 43.8 Å². The Kier molecular flexibility index (Phi) is 6.47. The molecule has 0 saturated heterocycles. The van der Waals surface area contributed by atoms with Gasteiger partial charge in [0.05, 0.1) is 12.2 Å². The van der Waals surface area contributed by atoms with Crippen LogP contribution in [-0.2, 0) is 11.2 Å². The van der Waals surface area contributed by atoms with Gasteiger partial charge in [-0.2, -0.15) is 0 Å². The first-order valence-corrected chi connectivity index (χ1v) is 11.0. The first kappa shape index (κ1) is 21.5. The van der Waals surface area contributed by atoms with Crippen molar-refractivity contribution in [3.63, 3.8) is 0 Å². The third kappa shape index (κ3) is 4.63. The molecule has 0 saturated carbocycles. The molecule has 0 atom stereocenters. The zero-order chi connectivity index (χ0) is 22.5. The summed E-state index contributed by atoms with van der Waals surface area (Å²) in [5.41, 5.74) is 3.02. The maximum atomic E-state index is 13.2. The summed E-state index contributed by atoms with van der Waals surface area (Å²) in [6.45, 7) is 3.69. The monoisotopic (exact) mass is 446 g/mol. The summed E-state index contributed by atoms with van der Waals surface area (Å²) in [5, 5.41) is 7.40. The van der Waals surface area contributed by atoms with Crippen molar-refractivity contribution in [2.24, 2.45) is 0 Å². The molecule has 1 amide bonds. The summed E-state index contributed by atoms with van der Waals surface area (Å²) < 4.78 is 10.5. The number of carbonyl (C=O) groups excluding carboxylic acids is 2. The molecular weight excluding hydrogens is 424 g/mol. The number of nitrogens with one attached hydrogen (secondary N) is 1. The lowest BCUT2D eigenvalue weighted by Crippen LogP contribution is -2.15. The van der Waals surface area contributed by atoms with Crippen LogP contribution in [0.2, 0.25) is 0 Å². The lowest BCUT2D eigenvalue weighted by atomic mass is 10.1. The van der Waals surface area contributed by atoms with E-state index in [2.05, 4.69) is 10.5 Å². The van der Waals surface area contributed by atoms with E-state index >= 15 is 0 Å². The second kappa shape index (κ2) is 9.62. The normalized spacial score (nSPS) is 10.7. The predicted molar refractivity (Wildman–Crippen MR) is 124 cm³/mol. The molecule has 2 aromatic carbocycles. The van der Waals surface area contributed by atoms with Crippen LogP contribution in [0.15, 0.2) is 71.3 Å². The molecule has 162 valence electrons. The van der Waals surface area contributed by atoms with Crippen molar-refractivity contribution < 1.29 is 18.8 Å². The number of rotatable bonds is 7. The Balaban J connectivity index is 1.66. The summed E-state index contributed by atoms with van der Waals surface area (Å²) in [6, 6.07) is 21.1. The third-order valence-corrected chi connectivity index (χ3v) is 5.91. The van der Waals surface area contributed by atoms with Crippen LogP contribution in [0.3, 0.4) is 0 Å². The lowest BCUT2D eigenvalue weighted by molar-refractivity contribution is 0.0528. The number of aromatic nitrogens is 1. The van der Waals surface area contributed by atoms with Gasteiger partial charge < -0.3 is 14.6 Å². The Hall–Kier alpha value is -3.71. The van der Waals surface area contributed by atoms with Crippen molar-refractivity contribution in [1.82, 2.24) is 5.16 Å². The van der Waals surface area contributed by atoms with E-state index in [1.807, 2.05) is 60.7 Å². The molecule has 0 bridgehead atoms. The average molecular weight is 447 g/mol. The molecule has 2 aromatic heterocycles. The molecule has 4 aromatic rings. The number of hydrogen-bond acceptors (Lipinski definition) is 6. The fraction of sp³-hybridized carbons (Fsp3) is 0.160. The number of ether oxygens (including phenoxy) is 1. The molecule has 6 nitrogen and oxygen atoms in total. The maximum absolute atomic E-state index is 13.2. The molecule has 2 heterocycles. The highest BCUT2D eigenvalue weighted by Gasteiger charge is 2.25. The topological polar surface area (TPSA) is 81.4 Å². The number of anilines is 1. The standard InChI is InChI=1S/C25H22N2O4S/c1-3-30-25(29)20-15-19(14-17-10-6-4-7-11-17)32-24(20)26-23(28)21-16(2)31-27-22(21)18-12-8-5-9-13-18/h4-13,15H,3,14H2,1-2H3,(H,26,28). The molecule has 0 unspecified atom stereocenters. The van der Waals surface area contributed by atoms with Crippen LogP contribution >= 0.6 is 11.3 Å². The Bertz CT molecular complexity index is 1230. The maximum Gasteiger partial charge on any atom is 0.341 e. The average Bonchev–Trinajstić information content (AvgIpc) is 3.38. The Morgan fingerprint density at radius 2 is 1.75 bits per heavy atom. The van der Waals surface area contributed by atoms with Gasteiger partial charge >= 0.3 is 5.97 Å². The molecule has 0 aliphatic heterocycles. The van der Waals surface area contributed by atoms with E-state index in [4.69, 9.17) is 9.26 Å². The van der Waals surface area contributed by atoms with Gasteiger partial charge in [-0.05, 0) is 25.5 Å². The molecule has 4 rings (SSSR count). The number of benzene rings is 2. The Labute approximate surface area is 189 Å². The minimum Gasteiger partial charge on any atom is -0.462 e. The summed E-state index contributed by atoms with van der Waals surface area (Å²) in [5.74, 6) is -0.454. The van der Waals surface area contributed by atoms with E-state index in [9.17, 15) is 9.59 Å². The van der Waals surface area contributed by atoms with Gasteiger partial charge in [-0.15, -0.1) is 11.3 Å². The fourth-order valence-corrected chi connectivity index (χ4v) is 4.45. The largest absolute Gasteiger partial charge is 0.462 e. The molecule has 0 spiro atoms. The van der Waals surface area contributed by atoms with Crippen LogP contribution in [-0.4, -0.2) is 23.6 Å². The first-order valence-electron chi connectivity index (χ1n) is 10.2. The predicted octanol–water partition coefficient (Wildman–Crippen LogP) is 5.73. The van der Waals surface area contributed by atoms with Crippen molar-refractivity contribution in [3.05, 3.63) is 94.1 Å². The van der Waals surface area contributed by atoms with Gasteiger partial charge in [-0.25, -0.2) is 4.79 Å².